The van der Waals surface area contributed by atoms with Gasteiger partial charge in [-0.3, -0.25) is 0 Å². The molecule has 1 aliphatic heterocycles. The lowest BCUT2D eigenvalue weighted by atomic mass is 10.1. The summed E-state index contributed by atoms with van der Waals surface area (Å²) >= 11 is 0. The molecule has 1 atom stereocenters. The van der Waals surface area contributed by atoms with E-state index in [4.69, 9.17) is 15.2 Å². The third-order valence-electron chi connectivity index (χ3n) is 3.06. The van der Waals surface area contributed by atoms with Gasteiger partial charge in [0.2, 0.25) is 5.88 Å². The minimum Gasteiger partial charge on any atom is -0.476 e. The molecule has 0 radical (unpaired) electrons. The van der Waals surface area contributed by atoms with Crippen LogP contribution in [0.3, 0.4) is 0 Å². The van der Waals surface area contributed by atoms with E-state index < -0.39 is 0 Å². The molecule has 1 aromatic rings. The molecule has 0 aromatic carbocycles. The number of rotatable bonds is 6. The van der Waals surface area contributed by atoms with Crippen molar-refractivity contribution in [2.45, 2.75) is 38.7 Å². The van der Waals surface area contributed by atoms with Crippen molar-refractivity contribution in [3.05, 3.63) is 6.33 Å². The number of ether oxygens (including phenoxy) is 2. The first-order chi connectivity index (χ1) is 9.31. The number of nitrogen functional groups attached to an aromatic ring is 1. The third-order valence-corrected chi connectivity index (χ3v) is 3.06. The van der Waals surface area contributed by atoms with Crippen molar-refractivity contribution in [1.82, 2.24) is 9.97 Å². The van der Waals surface area contributed by atoms with Gasteiger partial charge in [-0.25, -0.2) is 4.98 Å². The van der Waals surface area contributed by atoms with Crippen LogP contribution in [0.1, 0.15) is 32.6 Å². The Bertz CT molecular complexity index is 394. The van der Waals surface area contributed by atoms with Crippen LogP contribution in [0, 0.1) is 0 Å². The Morgan fingerprint density at radius 3 is 3.11 bits per heavy atom. The number of hydrogen-bond donors (Lipinski definition) is 2. The maximum atomic E-state index is 5.99. The fraction of sp³-hybridized carbons (Fsp3) is 0.692. The van der Waals surface area contributed by atoms with Gasteiger partial charge >= 0.3 is 0 Å². The van der Waals surface area contributed by atoms with Crippen LogP contribution in [-0.2, 0) is 4.74 Å². The molecule has 0 aliphatic carbocycles. The van der Waals surface area contributed by atoms with Crippen molar-refractivity contribution >= 4 is 11.5 Å². The summed E-state index contributed by atoms with van der Waals surface area (Å²) in [7, 11) is 0. The Kier molecular flexibility index (Phi) is 5.20. The summed E-state index contributed by atoms with van der Waals surface area (Å²) in [4.78, 5) is 8.19. The highest BCUT2D eigenvalue weighted by atomic mass is 16.5. The predicted octanol–water partition coefficient (Wildman–Crippen LogP) is 1.83. The van der Waals surface area contributed by atoms with Gasteiger partial charge in [-0.05, 0) is 25.7 Å². The Balaban J connectivity index is 1.91. The summed E-state index contributed by atoms with van der Waals surface area (Å²) in [5.41, 5.74) is 6.45. The quantitative estimate of drug-likeness (QED) is 0.817. The lowest BCUT2D eigenvalue weighted by molar-refractivity contribution is 0.0247. The summed E-state index contributed by atoms with van der Waals surface area (Å²) in [6.45, 7) is 4.20. The van der Waals surface area contributed by atoms with E-state index in [1.807, 2.05) is 6.92 Å². The number of anilines is 2. The van der Waals surface area contributed by atoms with Crippen molar-refractivity contribution in [1.29, 1.82) is 0 Å². The summed E-state index contributed by atoms with van der Waals surface area (Å²) < 4.78 is 11.1. The van der Waals surface area contributed by atoms with Crippen LogP contribution in [0.5, 0.6) is 5.88 Å². The summed E-state index contributed by atoms with van der Waals surface area (Å²) in [6, 6.07) is 0. The van der Waals surface area contributed by atoms with Gasteiger partial charge < -0.3 is 20.5 Å². The largest absolute Gasteiger partial charge is 0.476 e. The zero-order valence-corrected chi connectivity index (χ0v) is 11.4. The van der Waals surface area contributed by atoms with Crippen molar-refractivity contribution < 1.29 is 9.47 Å². The average Bonchev–Trinajstić information content (AvgIpc) is 2.46. The Labute approximate surface area is 113 Å². The highest BCUT2D eigenvalue weighted by Crippen LogP contribution is 2.25. The standard InChI is InChI=1S/C13H22N4O2/c1-2-6-19-13-11(14)12(16-9-17-13)15-8-10-5-3-4-7-18-10/h9-10H,2-8,14H2,1H3,(H,15,16,17). The molecule has 1 saturated heterocycles. The van der Waals surface area contributed by atoms with E-state index in [1.54, 1.807) is 0 Å². The second kappa shape index (κ2) is 7.13. The topological polar surface area (TPSA) is 82.3 Å². The molecule has 1 fully saturated rings. The molecule has 1 unspecified atom stereocenters. The van der Waals surface area contributed by atoms with Crippen LogP contribution >= 0.6 is 0 Å². The maximum Gasteiger partial charge on any atom is 0.242 e. The zero-order chi connectivity index (χ0) is 13.5. The van der Waals surface area contributed by atoms with E-state index >= 15 is 0 Å². The van der Waals surface area contributed by atoms with Crippen LogP contribution < -0.4 is 15.8 Å². The smallest absolute Gasteiger partial charge is 0.242 e. The fourth-order valence-corrected chi connectivity index (χ4v) is 2.01. The highest BCUT2D eigenvalue weighted by Gasteiger charge is 2.15. The molecule has 3 N–H and O–H groups in total. The predicted molar refractivity (Wildman–Crippen MR) is 74.3 cm³/mol. The van der Waals surface area contributed by atoms with Gasteiger partial charge in [-0.15, -0.1) is 0 Å². The molecule has 0 saturated carbocycles. The first-order valence-corrected chi connectivity index (χ1v) is 6.90. The number of nitrogens with two attached hydrogens (primary N) is 1. The minimum absolute atomic E-state index is 0.239. The molecule has 1 aromatic heterocycles. The molecule has 1 aliphatic rings. The van der Waals surface area contributed by atoms with Gasteiger partial charge in [0.05, 0.1) is 12.7 Å². The lowest BCUT2D eigenvalue weighted by Gasteiger charge is -2.23. The van der Waals surface area contributed by atoms with Gasteiger partial charge in [0.15, 0.2) is 5.82 Å². The third kappa shape index (κ3) is 3.96. The Morgan fingerprint density at radius 1 is 1.47 bits per heavy atom. The van der Waals surface area contributed by atoms with Crippen molar-refractivity contribution in [2.75, 3.05) is 30.8 Å². The molecule has 19 heavy (non-hydrogen) atoms. The SMILES string of the molecule is CCCOc1ncnc(NCC2CCCCO2)c1N. The first-order valence-electron chi connectivity index (χ1n) is 6.90. The van der Waals surface area contributed by atoms with Crippen LogP contribution in [0.2, 0.25) is 0 Å². The Hall–Kier alpha value is -1.56. The van der Waals surface area contributed by atoms with Crippen LogP contribution in [-0.4, -0.2) is 35.8 Å². The van der Waals surface area contributed by atoms with Crippen molar-refractivity contribution in [3.63, 3.8) is 0 Å². The summed E-state index contributed by atoms with van der Waals surface area (Å²) in [5, 5.41) is 3.22. The molecule has 0 bridgehead atoms. The molecule has 106 valence electrons. The zero-order valence-electron chi connectivity index (χ0n) is 11.4. The van der Waals surface area contributed by atoms with Gasteiger partial charge in [0.1, 0.15) is 12.0 Å². The van der Waals surface area contributed by atoms with Gasteiger partial charge in [0, 0.05) is 13.2 Å². The molecule has 2 rings (SSSR count). The van der Waals surface area contributed by atoms with Crippen LogP contribution in [0.25, 0.3) is 0 Å². The van der Waals surface area contributed by atoms with Crippen molar-refractivity contribution in [3.8, 4) is 5.88 Å². The van der Waals surface area contributed by atoms with Gasteiger partial charge in [-0.1, -0.05) is 6.92 Å². The molecule has 2 heterocycles. The van der Waals surface area contributed by atoms with Gasteiger partial charge in [-0.2, -0.15) is 4.98 Å². The van der Waals surface area contributed by atoms with Crippen LogP contribution in [0.15, 0.2) is 6.33 Å². The van der Waals surface area contributed by atoms with E-state index in [2.05, 4.69) is 15.3 Å². The second-order valence-corrected chi connectivity index (χ2v) is 4.66. The maximum absolute atomic E-state index is 5.99. The number of aromatic nitrogens is 2. The molecular formula is C13H22N4O2. The monoisotopic (exact) mass is 266 g/mol. The highest BCUT2D eigenvalue weighted by molar-refractivity contribution is 5.66. The van der Waals surface area contributed by atoms with Crippen molar-refractivity contribution in [2.24, 2.45) is 0 Å². The van der Waals surface area contributed by atoms with E-state index in [0.717, 1.165) is 25.9 Å². The van der Waals surface area contributed by atoms with Gasteiger partial charge in [0.25, 0.3) is 0 Å². The molecule has 6 nitrogen and oxygen atoms in total. The van der Waals surface area contributed by atoms with E-state index in [0.29, 0.717) is 30.5 Å². The lowest BCUT2D eigenvalue weighted by Crippen LogP contribution is -2.27. The van der Waals surface area contributed by atoms with Crippen LogP contribution in [0.4, 0.5) is 11.5 Å². The second-order valence-electron chi connectivity index (χ2n) is 4.66. The average molecular weight is 266 g/mol. The fourth-order valence-electron chi connectivity index (χ4n) is 2.01. The molecular weight excluding hydrogens is 244 g/mol. The van der Waals surface area contributed by atoms with E-state index in [9.17, 15) is 0 Å². The first kappa shape index (κ1) is 13.9. The number of hydrogen-bond acceptors (Lipinski definition) is 6. The number of nitrogens with zero attached hydrogens (tertiary/aromatic N) is 2. The normalized spacial score (nSPS) is 19.1. The Morgan fingerprint density at radius 2 is 2.37 bits per heavy atom. The summed E-state index contributed by atoms with van der Waals surface area (Å²) in [6.07, 6.45) is 6.07. The minimum atomic E-state index is 0.239. The van der Waals surface area contributed by atoms with E-state index in [1.165, 1.54) is 12.7 Å². The molecule has 0 amide bonds. The number of nitrogens with one attached hydrogen (secondary N) is 1. The van der Waals surface area contributed by atoms with E-state index in [-0.39, 0.29) is 6.10 Å². The molecule has 0 spiro atoms. The molecule has 6 heteroatoms. The summed E-state index contributed by atoms with van der Waals surface area (Å²) in [5.74, 6) is 1.07.